The lowest BCUT2D eigenvalue weighted by Crippen LogP contribution is -2.68. The normalized spacial score (nSPS) is 27.2. The van der Waals surface area contributed by atoms with Gasteiger partial charge in [-0.2, -0.15) is 0 Å². The third kappa shape index (κ3) is 5.38. The van der Waals surface area contributed by atoms with Crippen LogP contribution in [0.2, 0.25) is 5.04 Å². The molecule has 2 aliphatic heterocycles. The van der Waals surface area contributed by atoms with E-state index < -0.39 is 44.0 Å². The SMILES string of the molecule is CC1(C)O[C@@H]2[C@H](O)[C@@H](Sc3ccccc3)O[C@H](CO[Si](c3ccccc3)(c3ccccc3)C(C)(C)C)[C@@H]2O1. The molecule has 5 atom stereocenters. The van der Waals surface area contributed by atoms with Crippen molar-refractivity contribution in [1.82, 2.24) is 0 Å². The number of aliphatic hydroxyl groups is 1. The summed E-state index contributed by atoms with van der Waals surface area (Å²) in [5.41, 5.74) is -0.510. The molecule has 3 aromatic carbocycles. The van der Waals surface area contributed by atoms with Crippen LogP contribution in [0.3, 0.4) is 0 Å². The van der Waals surface area contributed by atoms with E-state index in [-0.39, 0.29) is 5.04 Å². The summed E-state index contributed by atoms with van der Waals surface area (Å²) >= 11 is 1.51. The lowest BCUT2D eigenvalue weighted by Gasteiger charge is -2.45. The standard InChI is InChI=1S/C31H38O5SSi/c1-30(2,3)38(23-17-11-7-12-18-23,24-19-13-8-14-20-24)33-21-25-27-28(36-31(4,5)35-27)26(32)29(34-25)37-22-15-9-6-10-16-22/h6-20,25-29,32H,21H2,1-5H3/t25-,26+,27+,28-,29-/m1/s1. The Labute approximate surface area is 231 Å². The molecule has 2 fully saturated rings. The Morgan fingerprint density at radius 2 is 1.32 bits per heavy atom. The maximum Gasteiger partial charge on any atom is 0.261 e. The number of ether oxygens (including phenoxy) is 3. The minimum Gasteiger partial charge on any atom is -0.405 e. The first-order chi connectivity index (χ1) is 18.1. The van der Waals surface area contributed by atoms with Crippen LogP contribution in [-0.4, -0.2) is 55.7 Å². The molecule has 202 valence electrons. The Balaban J connectivity index is 1.49. The van der Waals surface area contributed by atoms with Crippen LogP contribution in [0.1, 0.15) is 34.6 Å². The molecular weight excluding hydrogens is 512 g/mol. The summed E-state index contributed by atoms with van der Waals surface area (Å²) in [7, 11) is -2.77. The average molecular weight is 551 g/mol. The highest BCUT2D eigenvalue weighted by Crippen LogP contribution is 2.43. The van der Waals surface area contributed by atoms with Gasteiger partial charge in [0.25, 0.3) is 8.32 Å². The first-order valence-corrected chi connectivity index (χ1v) is 16.1. The van der Waals surface area contributed by atoms with Crippen molar-refractivity contribution in [1.29, 1.82) is 0 Å². The molecular formula is C31H38O5SSi. The molecule has 0 saturated carbocycles. The predicted octanol–water partition coefficient (Wildman–Crippen LogP) is 4.96. The van der Waals surface area contributed by atoms with E-state index in [4.69, 9.17) is 18.6 Å². The van der Waals surface area contributed by atoms with E-state index in [1.54, 1.807) is 0 Å². The molecule has 0 aliphatic carbocycles. The van der Waals surface area contributed by atoms with E-state index in [9.17, 15) is 5.11 Å². The van der Waals surface area contributed by atoms with E-state index in [0.717, 1.165) is 4.90 Å². The second kappa shape index (κ2) is 10.9. The van der Waals surface area contributed by atoms with Crippen LogP contribution in [0.4, 0.5) is 0 Å². The summed E-state index contributed by atoms with van der Waals surface area (Å²) in [6, 6.07) is 31.2. The number of benzene rings is 3. The van der Waals surface area contributed by atoms with E-state index >= 15 is 0 Å². The van der Waals surface area contributed by atoms with Gasteiger partial charge < -0.3 is 23.7 Å². The summed E-state index contributed by atoms with van der Waals surface area (Å²) < 4.78 is 26.3. The van der Waals surface area contributed by atoms with Gasteiger partial charge in [-0.05, 0) is 41.4 Å². The Morgan fingerprint density at radius 1 is 0.816 bits per heavy atom. The molecule has 1 N–H and O–H groups in total. The van der Waals surface area contributed by atoms with Gasteiger partial charge in [-0.15, -0.1) is 0 Å². The van der Waals surface area contributed by atoms with Crippen molar-refractivity contribution in [2.75, 3.05) is 6.61 Å². The molecule has 0 amide bonds. The molecule has 3 aromatic rings. The van der Waals surface area contributed by atoms with Crippen molar-refractivity contribution in [3.8, 4) is 0 Å². The third-order valence-electron chi connectivity index (χ3n) is 7.33. The molecule has 7 heteroatoms. The average Bonchev–Trinajstić information content (AvgIpc) is 3.23. The van der Waals surface area contributed by atoms with Gasteiger partial charge in [0.15, 0.2) is 5.79 Å². The molecule has 0 aromatic heterocycles. The Kier molecular flexibility index (Phi) is 7.91. The van der Waals surface area contributed by atoms with Crippen LogP contribution in [0.5, 0.6) is 0 Å². The molecule has 0 radical (unpaired) electrons. The van der Waals surface area contributed by atoms with Crippen molar-refractivity contribution < 1.29 is 23.7 Å². The minimum atomic E-state index is -2.77. The Morgan fingerprint density at radius 3 is 1.84 bits per heavy atom. The topological polar surface area (TPSA) is 57.2 Å². The number of hydrogen-bond donors (Lipinski definition) is 1. The highest BCUT2D eigenvalue weighted by atomic mass is 32.2. The molecule has 0 spiro atoms. The van der Waals surface area contributed by atoms with Crippen LogP contribution >= 0.6 is 11.8 Å². The van der Waals surface area contributed by atoms with Crippen LogP contribution in [0.15, 0.2) is 95.9 Å². The van der Waals surface area contributed by atoms with Gasteiger partial charge in [0.05, 0.1) is 6.61 Å². The van der Waals surface area contributed by atoms with E-state index in [1.807, 2.05) is 56.3 Å². The molecule has 0 bridgehead atoms. The molecule has 5 rings (SSSR count). The molecule has 2 aliphatic rings. The fourth-order valence-corrected chi connectivity index (χ4v) is 11.3. The number of fused-ring (bicyclic) bond motifs is 1. The van der Waals surface area contributed by atoms with Crippen molar-refractivity contribution in [3.63, 3.8) is 0 Å². The summed E-state index contributed by atoms with van der Waals surface area (Å²) in [4.78, 5) is 1.03. The fourth-order valence-electron chi connectivity index (χ4n) is 5.69. The number of hydrogen-bond acceptors (Lipinski definition) is 6. The molecule has 2 heterocycles. The third-order valence-corrected chi connectivity index (χ3v) is 13.5. The molecule has 38 heavy (non-hydrogen) atoms. The zero-order valence-electron chi connectivity index (χ0n) is 22.7. The van der Waals surface area contributed by atoms with Crippen molar-refractivity contribution >= 4 is 30.5 Å². The molecule has 2 saturated heterocycles. The van der Waals surface area contributed by atoms with Crippen LogP contribution < -0.4 is 10.4 Å². The number of aliphatic hydroxyl groups excluding tert-OH is 1. The first-order valence-electron chi connectivity index (χ1n) is 13.3. The maximum absolute atomic E-state index is 11.3. The lowest BCUT2D eigenvalue weighted by atomic mass is 10.0. The largest absolute Gasteiger partial charge is 0.405 e. The van der Waals surface area contributed by atoms with E-state index in [1.165, 1.54) is 22.1 Å². The van der Waals surface area contributed by atoms with Crippen LogP contribution in [0.25, 0.3) is 0 Å². The van der Waals surface area contributed by atoms with Gasteiger partial charge in [0.2, 0.25) is 0 Å². The smallest absolute Gasteiger partial charge is 0.261 e. The fraction of sp³-hybridized carbons (Fsp3) is 0.419. The van der Waals surface area contributed by atoms with Gasteiger partial charge in [0.1, 0.15) is 29.9 Å². The quantitative estimate of drug-likeness (QED) is 0.420. The summed E-state index contributed by atoms with van der Waals surface area (Å²) in [5.74, 6) is -0.818. The highest BCUT2D eigenvalue weighted by Gasteiger charge is 2.57. The van der Waals surface area contributed by atoms with Crippen LogP contribution in [0, 0.1) is 0 Å². The number of thioether (sulfide) groups is 1. The second-order valence-corrected chi connectivity index (χ2v) is 17.0. The van der Waals surface area contributed by atoms with E-state index in [2.05, 4.69) is 69.3 Å². The van der Waals surface area contributed by atoms with Crippen LogP contribution in [-0.2, 0) is 18.6 Å². The van der Waals surface area contributed by atoms with Gasteiger partial charge in [-0.3, -0.25) is 0 Å². The lowest BCUT2D eigenvalue weighted by molar-refractivity contribution is -0.166. The number of rotatable bonds is 7. The van der Waals surface area contributed by atoms with Gasteiger partial charge in [-0.1, -0.05) is 111 Å². The summed E-state index contributed by atoms with van der Waals surface area (Å²) in [6.45, 7) is 10.9. The zero-order valence-corrected chi connectivity index (χ0v) is 24.6. The zero-order chi connectivity index (χ0) is 27.0. The first kappa shape index (κ1) is 27.6. The van der Waals surface area contributed by atoms with Gasteiger partial charge in [-0.25, -0.2) is 0 Å². The van der Waals surface area contributed by atoms with Crippen molar-refractivity contribution in [2.45, 2.75) is 80.2 Å². The highest BCUT2D eigenvalue weighted by molar-refractivity contribution is 7.99. The van der Waals surface area contributed by atoms with Crippen molar-refractivity contribution in [2.24, 2.45) is 0 Å². The maximum atomic E-state index is 11.3. The van der Waals surface area contributed by atoms with Gasteiger partial charge in [0, 0.05) is 4.90 Å². The Bertz CT molecular complexity index is 1150. The van der Waals surface area contributed by atoms with Crippen molar-refractivity contribution in [3.05, 3.63) is 91.0 Å². The second-order valence-electron chi connectivity index (χ2n) is 11.5. The molecule has 5 nitrogen and oxygen atoms in total. The summed E-state index contributed by atoms with van der Waals surface area (Å²) in [6.07, 6.45) is -2.19. The van der Waals surface area contributed by atoms with E-state index in [0.29, 0.717) is 6.61 Å². The molecule has 0 unspecified atom stereocenters. The predicted molar refractivity (Wildman–Crippen MR) is 154 cm³/mol. The Hall–Kier alpha value is -1.97. The monoisotopic (exact) mass is 550 g/mol. The summed E-state index contributed by atoms with van der Waals surface area (Å²) in [5, 5.41) is 13.5. The van der Waals surface area contributed by atoms with Gasteiger partial charge >= 0.3 is 0 Å². The minimum absolute atomic E-state index is 0.159.